The summed E-state index contributed by atoms with van der Waals surface area (Å²) in [6.07, 6.45) is 1.51. The van der Waals surface area contributed by atoms with Crippen LogP contribution in [0.5, 0.6) is 5.75 Å². The van der Waals surface area contributed by atoms with Crippen molar-refractivity contribution >= 4 is 38.9 Å². The first-order valence-corrected chi connectivity index (χ1v) is 10.6. The molecule has 3 rings (SSSR count). The summed E-state index contributed by atoms with van der Waals surface area (Å²) in [5, 5.41) is 3.09. The van der Waals surface area contributed by atoms with Crippen LogP contribution in [0.25, 0.3) is 0 Å². The molecule has 2 aromatic rings. The smallest absolute Gasteiger partial charge is 0.235 e. The summed E-state index contributed by atoms with van der Waals surface area (Å²) in [6.45, 7) is 0.451. The number of carbonyl (C=O) groups is 1. The number of rotatable bonds is 6. The van der Waals surface area contributed by atoms with E-state index in [0.29, 0.717) is 42.2 Å². The van der Waals surface area contributed by atoms with Gasteiger partial charge in [-0.2, -0.15) is 0 Å². The zero-order valence-corrected chi connectivity index (χ0v) is 16.5. The number of ether oxygens (including phenoxy) is 1. The second-order valence-corrected chi connectivity index (χ2v) is 8.72. The lowest BCUT2D eigenvalue weighted by Gasteiger charge is -2.18. The second kappa shape index (κ2) is 8.19. The highest BCUT2D eigenvalue weighted by atomic mass is 35.5. The lowest BCUT2D eigenvalue weighted by atomic mass is 10.1. The van der Waals surface area contributed by atoms with Gasteiger partial charge in [0.2, 0.25) is 15.9 Å². The number of sulfonamides is 1. The van der Waals surface area contributed by atoms with Gasteiger partial charge < -0.3 is 10.1 Å². The molecule has 0 atom stereocenters. The van der Waals surface area contributed by atoms with Crippen molar-refractivity contribution in [1.29, 1.82) is 0 Å². The van der Waals surface area contributed by atoms with Gasteiger partial charge in [-0.1, -0.05) is 23.7 Å². The lowest BCUT2D eigenvalue weighted by molar-refractivity contribution is -0.116. The first-order valence-electron chi connectivity index (χ1n) is 8.62. The van der Waals surface area contributed by atoms with Gasteiger partial charge in [0.05, 0.1) is 29.3 Å². The highest BCUT2D eigenvalue weighted by Gasteiger charge is 2.28. The standard InChI is InChI=1S/C19H21ClN2O4S/c1-26-16-7-3-14(4-8-16)5-10-19(23)21-18-9-6-15(13-17(18)20)22-11-2-12-27(22,24)25/h3-4,6-9,13H,2,5,10-12H2,1H3,(H,21,23). The molecule has 6 nitrogen and oxygen atoms in total. The summed E-state index contributed by atoms with van der Waals surface area (Å²) in [5.41, 5.74) is 2.03. The number of anilines is 2. The quantitative estimate of drug-likeness (QED) is 0.794. The van der Waals surface area contributed by atoms with Crippen molar-refractivity contribution in [2.24, 2.45) is 0 Å². The Labute approximate surface area is 164 Å². The third kappa shape index (κ3) is 4.73. The van der Waals surface area contributed by atoms with Crippen molar-refractivity contribution < 1.29 is 17.9 Å². The van der Waals surface area contributed by atoms with Crippen LogP contribution in [0.1, 0.15) is 18.4 Å². The Morgan fingerprint density at radius 3 is 2.56 bits per heavy atom. The van der Waals surface area contributed by atoms with E-state index in [4.69, 9.17) is 16.3 Å². The summed E-state index contributed by atoms with van der Waals surface area (Å²) in [7, 11) is -1.65. The summed E-state index contributed by atoms with van der Waals surface area (Å²) in [4.78, 5) is 12.2. The molecule has 0 saturated carbocycles. The minimum absolute atomic E-state index is 0.147. The molecule has 0 unspecified atom stereocenters. The Morgan fingerprint density at radius 2 is 1.96 bits per heavy atom. The number of methoxy groups -OCH3 is 1. The van der Waals surface area contributed by atoms with E-state index < -0.39 is 10.0 Å². The molecule has 1 saturated heterocycles. The monoisotopic (exact) mass is 408 g/mol. The Morgan fingerprint density at radius 1 is 1.22 bits per heavy atom. The maximum absolute atomic E-state index is 12.2. The van der Waals surface area contributed by atoms with E-state index in [9.17, 15) is 13.2 Å². The van der Waals surface area contributed by atoms with E-state index in [1.807, 2.05) is 24.3 Å². The summed E-state index contributed by atoms with van der Waals surface area (Å²) < 4.78 is 30.5. The van der Waals surface area contributed by atoms with Gasteiger partial charge in [0.1, 0.15) is 5.75 Å². The Hall–Kier alpha value is -2.25. The minimum Gasteiger partial charge on any atom is -0.497 e. The van der Waals surface area contributed by atoms with E-state index in [1.54, 1.807) is 25.3 Å². The van der Waals surface area contributed by atoms with E-state index in [2.05, 4.69) is 5.32 Å². The predicted octanol–water partition coefficient (Wildman–Crippen LogP) is 3.46. The van der Waals surface area contributed by atoms with Gasteiger partial charge in [0, 0.05) is 13.0 Å². The van der Waals surface area contributed by atoms with Crippen molar-refractivity contribution in [2.75, 3.05) is 29.0 Å². The van der Waals surface area contributed by atoms with E-state index in [-0.39, 0.29) is 11.7 Å². The molecule has 0 spiro atoms. The molecule has 0 aliphatic carbocycles. The molecule has 1 aliphatic rings. The average Bonchev–Trinajstić information content (AvgIpc) is 3.01. The van der Waals surface area contributed by atoms with Crippen LogP contribution in [0.2, 0.25) is 5.02 Å². The number of nitrogens with zero attached hydrogens (tertiary/aromatic N) is 1. The first-order chi connectivity index (χ1) is 12.9. The number of hydrogen-bond donors (Lipinski definition) is 1. The van der Waals surface area contributed by atoms with Crippen LogP contribution >= 0.6 is 11.6 Å². The van der Waals surface area contributed by atoms with Crippen LogP contribution in [-0.4, -0.2) is 33.7 Å². The van der Waals surface area contributed by atoms with Crippen molar-refractivity contribution in [3.63, 3.8) is 0 Å². The van der Waals surface area contributed by atoms with Gasteiger partial charge in [0.15, 0.2) is 0 Å². The van der Waals surface area contributed by atoms with E-state index in [1.165, 1.54) is 4.31 Å². The maximum atomic E-state index is 12.2. The fraction of sp³-hybridized carbons (Fsp3) is 0.316. The van der Waals surface area contributed by atoms with Crippen LogP contribution in [0.4, 0.5) is 11.4 Å². The minimum atomic E-state index is -3.26. The molecular weight excluding hydrogens is 388 g/mol. The van der Waals surface area contributed by atoms with Gasteiger partial charge in [-0.15, -0.1) is 0 Å². The number of nitrogens with one attached hydrogen (secondary N) is 1. The topological polar surface area (TPSA) is 75.7 Å². The molecule has 2 aromatic carbocycles. The Kier molecular flexibility index (Phi) is 5.92. The number of amides is 1. The highest BCUT2D eigenvalue weighted by molar-refractivity contribution is 7.93. The maximum Gasteiger partial charge on any atom is 0.235 e. The number of halogens is 1. The lowest BCUT2D eigenvalue weighted by Crippen LogP contribution is -2.25. The zero-order chi connectivity index (χ0) is 19.4. The molecule has 0 bridgehead atoms. The SMILES string of the molecule is COc1ccc(CCC(=O)Nc2ccc(N3CCCS3(=O)=O)cc2Cl)cc1. The molecule has 0 aromatic heterocycles. The van der Waals surface area contributed by atoms with Crippen LogP contribution in [0.15, 0.2) is 42.5 Å². The number of carbonyl (C=O) groups excluding carboxylic acids is 1. The molecular formula is C19H21ClN2O4S. The number of aryl methyl sites for hydroxylation is 1. The summed E-state index contributed by atoms with van der Waals surface area (Å²) in [5.74, 6) is 0.762. The summed E-state index contributed by atoms with van der Waals surface area (Å²) >= 11 is 6.25. The van der Waals surface area contributed by atoms with Gasteiger partial charge in [-0.3, -0.25) is 9.10 Å². The van der Waals surface area contributed by atoms with E-state index in [0.717, 1.165) is 11.3 Å². The second-order valence-electron chi connectivity index (χ2n) is 6.30. The van der Waals surface area contributed by atoms with Gasteiger partial charge >= 0.3 is 0 Å². The van der Waals surface area contributed by atoms with Crippen LogP contribution in [0.3, 0.4) is 0 Å². The third-order valence-corrected chi connectivity index (χ3v) is 6.60. The molecule has 1 heterocycles. The third-order valence-electron chi connectivity index (χ3n) is 4.41. The highest BCUT2D eigenvalue weighted by Crippen LogP contribution is 2.31. The first kappa shape index (κ1) is 19.5. The fourth-order valence-electron chi connectivity index (χ4n) is 2.95. The van der Waals surface area contributed by atoms with Gasteiger partial charge in [-0.25, -0.2) is 8.42 Å². The number of benzene rings is 2. The van der Waals surface area contributed by atoms with Crippen LogP contribution in [0, 0.1) is 0 Å². The average molecular weight is 409 g/mol. The van der Waals surface area contributed by atoms with E-state index >= 15 is 0 Å². The largest absolute Gasteiger partial charge is 0.497 e. The molecule has 144 valence electrons. The van der Waals surface area contributed by atoms with Crippen LogP contribution < -0.4 is 14.4 Å². The number of hydrogen-bond acceptors (Lipinski definition) is 4. The van der Waals surface area contributed by atoms with Gasteiger partial charge in [-0.05, 0) is 48.7 Å². The molecule has 1 fully saturated rings. The molecule has 1 aliphatic heterocycles. The van der Waals surface area contributed by atoms with Crippen molar-refractivity contribution in [2.45, 2.75) is 19.3 Å². The Bertz CT molecular complexity index is 929. The van der Waals surface area contributed by atoms with Crippen molar-refractivity contribution in [3.8, 4) is 5.75 Å². The van der Waals surface area contributed by atoms with Crippen LogP contribution in [-0.2, 0) is 21.2 Å². The molecule has 0 radical (unpaired) electrons. The predicted molar refractivity (Wildman–Crippen MR) is 107 cm³/mol. The molecule has 27 heavy (non-hydrogen) atoms. The summed E-state index contributed by atoms with van der Waals surface area (Å²) in [6, 6.07) is 12.4. The van der Waals surface area contributed by atoms with Crippen molar-refractivity contribution in [1.82, 2.24) is 0 Å². The molecule has 8 heteroatoms. The Balaban J connectivity index is 1.60. The van der Waals surface area contributed by atoms with Crippen molar-refractivity contribution in [3.05, 3.63) is 53.1 Å². The molecule has 1 amide bonds. The fourth-order valence-corrected chi connectivity index (χ4v) is 4.73. The normalized spacial score (nSPS) is 15.6. The molecule has 1 N–H and O–H groups in total. The zero-order valence-electron chi connectivity index (χ0n) is 14.9. The van der Waals surface area contributed by atoms with Gasteiger partial charge in [0.25, 0.3) is 0 Å².